The molecule has 0 saturated heterocycles. The van der Waals surface area contributed by atoms with Crippen LogP contribution in [0.4, 0.5) is 10.5 Å². The van der Waals surface area contributed by atoms with Gasteiger partial charge in [-0.2, -0.15) is 0 Å². The van der Waals surface area contributed by atoms with Gasteiger partial charge in [-0.3, -0.25) is 4.79 Å². The van der Waals surface area contributed by atoms with Crippen LogP contribution in [0.2, 0.25) is 0 Å². The molecule has 5 heterocycles. The standard InChI is InChI=1S/C42H45N5O6/c1-5-6-7-11-18-32-25(4)43-39(51-32)35-36-42-28-16-12-13-17-30(28)44-40(42)52-33-20-19-27(21-29(33)42)22-31(37(48)46-34(24(2)3)38(47-35)53-36)45-41(49)50-23-26-14-9-8-10-15-26/h8-10,12-17,19-21,24,31,34,40,44H,5-7,11,18,22-23H2,1-4H3,(H,45,49)(H,46,48)/t31-,34-,40?,42?/m0/s1. The average molecular weight is 716 g/mol. The first-order valence-corrected chi connectivity index (χ1v) is 18.7. The second-order valence-electron chi connectivity index (χ2n) is 14.6. The zero-order chi connectivity index (χ0) is 36.7. The number of rotatable bonds is 10. The summed E-state index contributed by atoms with van der Waals surface area (Å²) in [5.74, 6) is 2.19. The van der Waals surface area contributed by atoms with E-state index in [1.807, 2.05) is 87.5 Å². The third-order valence-corrected chi connectivity index (χ3v) is 10.6. The number of ether oxygens (including phenoxy) is 2. The summed E-state index contributed by atoms with van der Waals surface area (Å²) in [4.78, 5) is 37.4. The number of hydrogen-bond donors (Lipinski definition) is 3. The van der Waals surface area contributed by atoms with E-state index in [0.717, 1.165) is 65.1 Å². The van der Waals surface area contributed by atoms with Crippen molar-refractivity contribution in [1.29, 1.82) is 0 Å². The summed E-state index contributed by atoms with van der Waals surface area (Å²) in [6.45, 7) is 8.23. The van der Waals surface area contributed by atoms with Crippen molar-refractivity contribution in [2.75, 3.05) is 5.32 Å². The Labute approximate surface area is 308 Å². The Morgan fingerprint density at radius 2 is 1.79 bits per heavy atom. The summed E-state index contributed by atoms with van der Waals surface area (Å²) in [5, 5.41) is 9.61. The first kappa shape index (κ1) is 34.5. The molecule has 11 nitrogen and oxygen atoms in total. The van der Waals surface area contributed by atoms with Gasteiger partial charge in [0.2, 0.25) is 17.7 Å². The summed E-state index contributed by atoms with van der Waals surface area (Å²) < 4.78 is 25.8. The average Bonchev–Trinajstić information content (AvgIpc) is 3.91. The van der Waals surface area contributed by atoms with Crippen LogP contribution in [0.3, 0.4) is 0 Å². The van der Waals surface area contributed by atoms with Crippen LogP contribution in [-0.2, 0) is 34.4 Å². The number of carbonyl (C=O) groups is 2. The minimum Gasteiger partial charge on any atom is -0.469 e. The minimum absolute atomic E-state index is 0.0742. The highest BCUT2D eigenvalue weighted by molar-refractivity contribution is 5.86. The molecule has 0 fully saturated rings. The number of aromatic nitrogens is 2. The SMILES string of the molecule is CCCCCCc1oc(-c2nc3oc2C24c5ccccc5NC2Oc2ccc(cc24)C[C@H](NC(=O)OCc2ccccc2)C(=O)N[C@H]3C(C)C)nc1C. The fraction of sp³-hybridized carbons (Fsp3) is 0.381. The lowest BCUT2D eigenvalue weighted by Gasteiger charge is -2.28. The third kappa shape index (κ3) is 6.21. The molecule has 3 N–H and O–H groups in total. The van der Waals surface area contributed by atoms with Gasteiger partial charge in [0.1, 0.15) is 35.6 Å². The summed E-state index contributed by atoms with van der Waals surface area (Å²) in [5.41, 5.74) is 4.71. The highest BCUT2D eigenvalue weighted by atomic mass is 16.5. The molecule has 2 amide bonds. The van der Waals surface area contributed by atoms with Crippen LogP contribution < -0.4 is 20.7 Å². The van der Waals surface area contributed by atoms with Crippen LogP contribution in [-0.4, -0.2) is 34.2 Å². The van der Waals surface area contributed by atoms with Crippen molar-refractivity contribution in [1.82, 2.24) is 20.6 Å². The fourth-order valence-corrected chi connectivity index (χ4v) is 7.83. The van der Waals surface area contributed by atoms with Gasteiger partial charge in [0.15, 0.2) is 17.7 Å². The largest absolute Gasteiger partial charge is 0.469 e. The summed E-state index contributed by atoms with van der Waals surface area (Å²) in [6.07, 6.45) is 4.17. The van der Waals surface area contributed by atoms with Crippen LogP contribution in [0.1, 0.15) is 97.9 Å². The molecule has 5 aromatic rings. The van der Waals surface area contributed by atoms with Gasteiger partial charge in [0.05, 0.1) is 5.69 Å². The number of benzene rings is 3. The number of fused-ring (bicyclic) bond motifs is 4. The molecular formula is C42H45N5O6. The molecule has 274 valence electrons. The molecule has 3 aliphatic heterocycles. The van der Waals surface area contributed by atoms with E-state index in [1.165, 1.54) is 6.42 Å². The zero-order valence-corrected chi connectivity index (χ0v) is 30.5. The van der Waals surface area contributed by atoms with E-state index >= 15 is 0 Å². The van der Waals surface area contributed by atoms with Gasteiger partial charge in [-0.25, -0.2) is 14.8 Å². The normalized spacial score (nSPS) is 21.1. The molecule has 0 radical (unpaired) electrons. The number of oxazole rings is 2. The Morgan fingerprint density at radius 1 is 0.981 bits per heavy atom. The van der Waals surface area contributed by atoms with E-state index < -0.39 is 29.8 Å². The maximum absolute atomic E-state index is 14.2. The van der Waals surface area contributed by atoms with Gasteiger partial charge in [0, 0.05) is 24.1 Å². The van der Waals surface area contributed by atoms with Gasteiger partial charge in [0.25, 0.3) is 0 Å². The Bertz CT molecular complexity index is 2140. The van der Waals surface area contributed by atoms with Gasteiger partial charge in [-0.05, 0) is 48.1 Å². The predicted molar refractivity (Wildman–Crippen MR) is 198 cm³/mol. The lowest BCUT2D eigenvalue weighted by molar-refractivity contribution is -0.124. The molecule has 53 heavy (non-hydrogen) atoms. The van der Waals surface area contributed by atoms with Crippen LogP contribution in [0, 0.1) is 12.8 Å². The number of carbonyl (C=O) groups excluding carboxylic acids is 2. The molecule has 2 unspecified atom stereocenters. The van der Waals surface area contributed by atoms with Crippen LogP contribution in [0.15, 0.2) is 81.6 Å². The zero-order valence-electron chi connectivity index (χ0n) is 30.5. The number of anilines is 1. The number of amides is 2. The first-order chi connectivity index (χ1) is 25.8. The molecule has 2 aromatic heterocycles. The van der Waals surface area contributed by atoms with Gasteiger partial charge >= 0.3 is 6.09 Å². The fourth-order valence-electron chi connectivity index (χ4n) is 7.83. The van der Waals surface area contributed by atoms with Crippen molar-refractivity contribution in [3.05, 3.63) is 118 Å². The number of nitrogens with zero attached hydrogens (tertiary/aromatic N) is 2. The third-order valence-electron chi connectivity index (χ3n) is 10.6. The molecule has 8 rings (SSSR count). The second-order valence-corrected chi connectivity index (χ2v) is 14.6. The van der Waals surface area contributed by atoms with Crippen LogP contribution >= 0.6 is 0 Å². The number of nitrogens with one attached hydrogen (secondary N) is 3. The van der Waals surface area contributed by atoms with Gasteiger partial charge in [-0.1, -0.05) is 101 Å². The minimum atomic E-state index is -0.978. The second kappa shape index (κ2) is 14.1. The monoisotopic (exact) mass is 715 g/mol. The summed E-state index contributed by atoms with van der Waals surface area (Å²) >= 11 is 0. The topological polar surface area (TPSA) is 141 Å². The quantitative estimate of drug-likeness (QED) is 0.123. The van der Waals surface area contributed by atoms with E-state index in [-0.39, 0.29) is 24.9 Å². The molecule has 0 saturated carbocycles. The van der Waals surface area contributed by atoms with Gasteiger partial charge < -0.3 is 34.3 Å². The maximum atomic E-state index is 14.2. The Kier molecular flexibility index (Phi) is 9.18. The van der Waals surface area contributed by atoms with E-state index in [1.54, 1.807) is 0 Å². The van der Waals surface area contributed by atoms with Crippen molar-refractivity contribution in [3.8, 4) is 17.3 Å². The maximum Gasteiger partial charge on any atom is 0.408 e. The van der Waals surface area contributed by atoms with Crippen LogP contribution in [0.25, 0.3) is 11.6 Å². The number of para-hydroxylation sites is 1. The number of alkyl carbamates (subject to hydrolysis) is 1. The molecule has 4 atom stereocenters. The molecule has 1 spiro atoms. The van der Waals surface area contributed by atoms with Crippen molar-refractivity contribution in [2.24, 2.45) is 5.92 Å². The van der Waals surface area contributed by atoms with Crippen LogP contribution in [0.5, 0.6) is 5.75 Å². The van der Waals surface area contributed by atoms with Gasteiger partial charge in [-0.15, -0.1) is 0 Å². The number of hydrogen-bond acceptors (Lipinski definition) is 9. The molecular weight excluding hydrogens is 670 g/mol. The first-order valence-electron chi connectivity index (χ1n) is 18.7. The Morgan fingerprint density at radius 3 is 2.60 bits per heavy atom. The molecule has 4 bridgehead atoms. The van der Waals surface area contributed by atoms with Crippen molar-refractivity contribution in [3.63, 3.8) is 0 Å². The van der Waals surface area contributed by atoms with E-state index in [0.29, 0.717) is 29.0 Å². The molecule has 3 aliphatic rings. The molecule has 0 aliphatic carbocycles. The van der Waals surface area contributed by atoms with Crippen molar-refractivity contribution < 1.29 is 27.9 Å². The molecule has 11 heteroatoms. The Hall–Kier alpha value is -5.58. The summed E-state index contributed by atoms with van der Waals surface area (Å²) in [6, 6.07) is 21.8. The smallest absolute Gasteiger partial charge is 0.408 e. The molecule has 3 aromatic carbocycles. The van der Waals surface area contributed by atoms with E-state index in [4.69, 9.17) is 28.3 Å². The number of unbranched alkanes of at least 4 members (excludes halogenated alkanes) is 3. The summed E-state index contributed by atoms with van der Waals surface area (Å²) in [7, 11) is 0. The highest BCUT2D eigenvalue weighted by Crippen LogP contribution is 2.59. The number of aryl methyl sites for hydroxylation is 2. The predicted octanol–water partition coefficient (Wildman–Crippen LogP) is 7.90. The highest BCUT2D eigenvalue weighted by Gasteiger charge is 2.61. The van der Waals surface area contributed by atoms with E-state index in [2.05, 4.69) is 28.9 Å². The lowest BCUT2D eigenvalue weighted by Crippen LogP contribution is -2.49. The van der Waals surface area contributed by atoms with Crippen molar-refractivity contribution in [2.45, 2.75) is 96.6 Å². The van der Waals surface area contributed by atoms with Crippen molar-refractivity contribution >= 4 is 17.7 Å². The van der Waals surface area contributed by atoms with E-state index in [9.17, 15) is 9.59 Å². The lowest BCUT2D eigenvalue weighted by atomic mass is 9.72. The Balaban J connectivity index is 1.25.